The summed E-state index contributed by atoms with van der Waals surface area (Å²) in [7, 11) is 1.68. The van der Waals surface area contributed by atoms with E-state index in [1.165, 1.54) is 5.56 Å². The number of ether oxygens (including phenoxy) is 1. The number of rotatable bonds is 4. The molecule has 0 N–H and O–H groups in total. The minimum Gasteiger partial charge on any atom is -0.497 e. The van der Waals surface area contributed by atoms with Gasteiger partial charge < -0.3 is 9.22 Å². The average Bonchev–Trinajstić information content (AvgIpc) is 2.63. The van der Waals surface area contributed by atoms with Crippen molar-refractivity contribution >= 4 is 5.78 Å². The van der Waals surface area contributed by atoms with Gasteiger partial charge in [0.1, 0.15) is 12.3 Å². The molecule has 124 valence electrons. The van der Waals surface area contributed by atoms with Crippen molar-refractivity contribution in [1.82, 2.24) is 0 Å². The zero-order valence-corrected chi connectivity index (χ0v) is 14.2. The minimum atomic E-state index is -0.0483. The van der Waals surface area contributed by atoms with Gasteiger partial charge in [0.15, 0.2) is 11.8 Å². The highest BCUT2D eigenvalue weighted by Gasteiger charge is 2.53. The Labute approximate surface area is 143 Å². The standard InChI is InChI=1S/C21H24NO2/c1-24-19-9-5-8-18(14-19)20-21(23)17-10-12-22(20,13-11-17)15-16-6-3-2-4-7-16/h2-9,14,17,20H,10-13,15H2,1H3/q+1. The molecule has 3 nitrogen and oxygen atoms in total. The van der Waals surface area contributed by atoms with E-state index in [0.29, 0.717) is 5.78 Å². The van der Waals surface area contributed by atoms with Crippen LogP contribution in [-0.2, 0) is 11.3 Å². The van der Waals surface area contributed by atoms with Crippen molar-refractivity contribution < 1.29 is 14.0 Å². The van der Waals surface area contributed by atoms with Crippen LogP contribution in [0.25, 0.3) is 0 Å². The Morgan fingerprint density at radius 1 is 1.04 bits per heavy atom. The Morgan fingerprint density at radius 2 is 1.79 bits per heavy atom. The highest BCUT2D eigenvalue weighted by molar-refractivity contribution is 5.87. The Hall–Kier alpha value is -2.13. The second kappa shape index (κ2) is 6.06. The van der Waals surface area contributed by atoms with Crippen molar-refractivity contribution in [1.29, 1.82) is 0 Å². The molecule has 1 unspecified atom stereocenters. The van der Waals surface area contributed by atoms with E-state index in [1.807, 2.05) is 18.2 Å². The molecule has 0 aromatic heterocycles. The number of hydrogen-bond acceptors (Lipinski definition) is 2. The molecule has 2 aromatic rings. The van der Waals surface area contributed by atoms with E-state index in [2.05, 4.69) is 36.4 Å². The van der Waals surface area contributed by atoms with Gasteiger partial charge in [-0.05, 0) is 12.1 Å². The molecule has 3 fully saturated rings. The van der Waals surface area contributed by atoms with E-state index in [-0.39, 0.29) is 12.0 Å². The maximum Gasteiger partial charge on any atom is 0.198 e. The van der Waals surface area contributed by atoms with Crippen molar-refractivity contribution in [3.8, 4) is 5.75 Å². The second-order valence-electron chi connectivity index (χ2n) is 7.17. The number of piperidine rings is 3. The number of benzene rings is 2. The summed E-state index contributed by atoms with van der Waals surface area (Å²) in [5.41, 5.74) is 2.43. The lowest BCUT2D eigenvalue weighted by molar-refractivity contribution is -0.970. The predicted octanol–water partition coefficient (Wildman–Crippen LogP) is 3.75. The highest BCUT2D eigenvalue weighted by atomic mass is 16.5. The van der Waals surface area contributed by atoms with E-state index in [4.69, 9.17) is 4.74 Å². The van der Waals surface area contributed by atoms with Gasteiger partial charge in [0.2, 0.25) is 0 Å². The lowest BCUT2D eigenvalue weighted by Gasteiger charge is -2.53. The summed E-state index contributed by atoms with van der Waals surface area (Å²) >= 11 is 0. The summed E-state index contributed by atoms with van der Waals surface area (Å²) in [5.74, 6) is 1.51. The molecule has 0 spiro atoms. The van der Waals surface area contributed by atoms with Gasteiger partial charge in [-0.3, -0.25) is 4.79 Å². The molecule has 0 aliphatic carbocycles. The van der Waals surface area contributed by atoms with E-state index < -0.39 is 0 Å². The fourth-order valence-electron chi connectivity index (χ4n) is 4.61. The molecule has 2 aromatic carbocycles. The molecule has 0 radical (unpaired) electrons. The summed E-state index contributed by atoms with van der Waals surface area (Å²) in [6, 6.07) is 18.6. The molecular weight excluding hydrogens is 298 g/mol. The number of quaternary nitrogens is 1. The zero-order chi connectivity index (χ0) is 16.6. The Morgan fingerprint density at radius 3 is 2.50 bits per heavy atom. The van der Waals surface area contributed by atoms with Crippen LogP contribution >= 0.6 is 0 Å². The van der Waals surface area contributed by atoms with Gasteiger partial charge in [-0.15, -0.1) is 0 Å². The van der Waals surface area contributed by atoms with Gasteiger partial charge in [-0.1, -0.05) is 42.5 Å². The van der Waals surface area contributed by atoms with Crippen molar-refractivity contribution in [2.24, 2.45) is 5.92 Å². The van der Waals surface area contributed by atoms with E-state index in [9.17, 15) is 4.79 Å². The van der Waals surface area contributed by atoms with Crippen LogP contribution in [-0.4, -0.2) is 30.5 Å². The molecule has 3 heterocycles. The van der Waals surface area contributed by atoms with Crippen LogP contribution < -0.4 is 4.74 Å². The fraction of sp³-hybridized carbons (Fsp3) is 0.381. The Kier molecular flexibility index (Phi) is 3.89. The van der Waals surface area contributed by atoms with Gasteiger partial charge in [-0.2, -0.15) is 0 Å². The molecule has 3 aliphatic heterocycles. The summed E-state index contributed by atoms with van der Waals surface area (Å²) < 4.78 is 6.26. The minimum absolute atomic E-state index is 0.0483. The quantitative estimate of drug-likeness (QED) is 0.802. The van der Waals surface area contributed by atoms with Crippen LogP contribution in [0.2, 0.25) is 0 Å². The van der Waals surface area contributed by atoms with Crippen LogP contribution in [0.5, 0.6) is 5.75 Å². The van der Waals surface area contributed by atoms with Crippen molar-refractivity contribution in [2.45, 2.75) is 25.4 Å². The van der Waals surface area contributed by atoms with Gasteiger partial charge in [0.25, 0.3) is 0 Å². The maximum absolute atomic E-state index is 13.1. The number of nitrogens with zero attached hydrogens (tertiary/aromatic N) is 1. The first-order chi connectivity index (χ1) is 11.7. The number of fused-ring (bicyclic) bond motifs is 3. The predicted molar refractivity (Wildman–Crippen MR) is 93.6 cm³/mol. The lowest BCUT2D eigenvalue weighted by Crippen LogP contribution is -2.63. The van der Waals surface area contributed by atoms with E-state index >= 15 is 0 Å². The molecule has 1 atom stereocenters. The fourth-order valence-corrected chi connectivity index (χ4v) is 4.61. The molecule has 0 saturated carbocycles. The van der Waals surface area contributed by atoms with Crippen molar-refractivity contribution in [3.05, 3.63) is 65.7 Å². The summed E-state index contributed by atoms with van der Waals surface area (Å²) in [6.45, 7) is 3.11. The number of ketones is 1. The average molecular weight is 322 g/mol. The Bertz CT molecular complexity index is 733. The van der Waals surface area contributed by atoms with Crippen LogP contribution in [0.15, 0.2) is 54.6 Å². The number of carbonyl (C=O) groups excluding carboxylic acids is 1. The number of methoxy groups -OCH3 is 1. The number of hydrogen-bond donors (Lipinski definition) is 0. The largest absolute Gasteiger partial charge is 0.497 e. The van der Waals surface area contributed by atoms with Crippen molar-refractivity contribution in [2.75, 3.05) is 20.2 Å². The second-order valence-corrected chi connectivity index (χ2v) is 7.17. The monoisotopic (exact) mass is 322 g/mol. The van der Waals surface area contributed by atoms with Crippen LogP contribution in [0.3, 0.4) is 0 Å². The molecule has 2 bridgehead atoms. The van der Waals surface area contributed by atoms with Gasteiger partial charge >= 0.3 is 0 Å². The first-order valence-electron chi connectivity index (χ1n) is 8.79. The first-order valence-corrected chi connectivity index (χ1v) is 8.79. The molecule has 3 saturated heterocycles. The third kappa shape index (κ3) is 2.53. The first kappa shape index (κ1) is 15.4. The number of Topliss-reactive ketones (excluding diaryl/α,β-unsaturated/α-hetero) is 1. The highest BCUT2D eigenvalue weighted by Crippen LogP contribution is 2.45. The molecule has 5 rings (SSSR count). The van der Waals surface area contributed by atoms with Crippen molar-refractivity contribution in [3.63, 3.8) is 0 Å². The number of carbonyl (C=O) groups is 1. The summed E-state index contributed by atoms with van der Waals surface area (Å²) in [6.07, 6.45) is 2.07. The third-order valence-electron chi connectivity index (χ3n) is 5.82. The molecule has 3 aliphatic rings. The maximum atomic E-state index is 13.1. The normalized spacial score (nSPS) is 28.8. The van der Waals surface area contributed by atoms with Crippen LogP contribution in [0.4, 0.5) is 0 Å². The third-order valence-corrected chi connectivity index (χ3v) is 5.82. The molecule has 24 heavy (non-hydrogen) atoms. The lowest BCUT2D eigenvalue weighted by atomic mass is 9.76. The smallest absolute Gasteiger partial charge is 0.198 e. The SMILES string of the molecule is COc1cccc(C2C(=O)C3CC[N+]2(Cc2ccccc2)CC3)c1. The van der Waals surface area contributed by atoms with Crippen LogP contribution in [0, 0.1) is 5.92 Å². The topological polar surface area (TPSA) is 26.3 Å². The van der Waals surface area contributed by atoms with E-state index in [0.717, 1.165) is 48.3 Å². The summed E-state index contributed by atoms with van der Waals surface area (Å²) in [5, 5.41) is 0. The molecule has 3 heteroatoms. The Balaban J connectivity index is 1.75. The van der Waals surface area contributed by atoms with E-state index in [1.54, 1.807) is 7.11 Å². The molecular formula is C21H24NO2+. The van der Waals surface area contributed by atoms with Gasteiger partial charge in [-0.25, -0.2) is 0 Å². The summed E-state index contributed by atoms with van der Waals surface area (Å²) in [4.78, 5) is 13.1. The molecule has 0 amide bonds. The zero-order valence-electron chi connectivity index (χ0n) is 14.2. The van der Waals surface area contributed by atoms with Gasteiger partial charge in [0.05, 0.1) is 20.2 Å². The van der Waals surface area contributed by atoms with Crippen LogP contribution in [0.1, 0.15) is 30.0 Å². The van der Waals surface area contributed by atoms with Gasteiger partial charge in [0, 0.05) is 29.9 Å².